The van der Waals surface area contributed by atoms with Gasteiger partial charge in [-0.1, -0.05) is 55.5 Å². The number of hydrogen-bond acceptors (Lipinski definition) is 3. The maximum absolute atomic E-state index is 12.7. The number of hydrogen-bond donors (Lipinski definition) is 1. The first-order chi connectivity index (χ1) is 13.6. The van der Waals surface area contributed by atoms with Crippen LogP contribution >= 0.6 is 11.3 Å². The minimum atomic E-state index is -0.223. The Labute approximate surface area is 169 Å². The molecule has 0 saturated carbocycles. The molecule has 2 amide bonds. The lowest BCUT2D eigenvalue weighted by molar-refractivity contribution is -0.122. The molecule has 0 spiro atoms. The average Bonchev–Trinajstić information content (AvgIpc) is 3.26. The molecule has 144 valence electrons. The quantitative estimate of drug-likeness (QED) is 0.652. The highest BCUT2D eigenvalue weighted by Crippen LogP contribution is 2.26. The second kappa shape index (κ2) is 9.33. The van der Waals surface area contributed by atoms with Gasteiger partial charge in [-0.15, -0.1) is 11.3 Å². The van der Waals surface area contributed by atoms with Crippen LogP contribution < -0.4 is 5.32 Å². The number of aryl methyl sites for hydroxylation is 1. The molecule has 0 aliphatic carbocycles. The van der Waals surface area contributed by atoms with E-state index in [9.17, 15) is 9.59 Å². The summed E-state index contributed by atoms with van der Waals surface area (Å²) < 4.78 is 0. The van der Waals surface area contributed by atoms with Crippen molar-refractivity contribution in [3.8, 4) is 0 Å². The Bertz CT molecular complexity index is 906. The zero-order valence-electron chi connectivity index (χ0n) is 16.1. The molecule has 0 saturated heterocycles. The number of benzene rings is 2. The Morgan fingerprint density at radius 2 is 1.71 bits per heavy atom. The number of nitrogens with zero attached hydrogens (tertiary/aromatic N) is 1. The standard InChI is InChI=1S/C23H24N2O2S/c1-3-17-11-13-18(14-12-17)22(20-10-7-15-28-20)24-21(26)16-25(2)23(27)19-8-5-4-6-9-19/h4-15,22H,3,16H2,1-2H3,(H,24,26). The topological polar surface area (TPSA) is 49.4 Å². The summed E-state index contributed by atoms with van der Waals surface area (Å²) in [6.45, 7) is 2.12. The van der Waals surface area contributed by atoms with Crippen molar-refractivity contribution in [2.45, 2.75) is 19.4 Å². The summed E-state index contributed by atoms with van der Waals surface area (Å²) in [5.74, 6) is -0.361. The zero-order valence-corrected chi connectivity index (χ0v) is 16.9. The number of likely N-dealkylation sites (N-methyl/N-ethyl adjacent to an activating group) is 1. The molecular weight excluding hydrogens is 368 g/mol. The van der Waals surface area contributed by atoms with Gasteiger partial charge in [0.15, 0.2) is 0 Å². The fourth-order valence-corrected chi connectivity index (χ4v) is 3.82. The van der Waals surface area contributed by atoms with E-state index in [0.717, 1.165) is 16.9 Å². The average molecular weight is 393 g/mol. The maximum atomic E-state index is 12.7. The smallest absolute Gasteiger partial charge is 0.254 e. The van der Waals surface area contributed by atoms with Gasteiger partial charge in [0.25, 0.3) is 5.91 Å². The predicted octanol–water partition coefficient (Wildman–Crippen LogP) is 4.29. The summed E-state index contributed by atoms with van der Waals surface area (Å²) in [5.41, 5.74) is 2.86. The molecule has 1 unspecified atom stereocenters. The molecule has 1 atom stereocenters. The molecule has 3 aromatic rings. The minimum absolute atomic E-state index is 0.00263. The number of amides is 2. The highest BCUT2D eigenvalue weighted by molar-refractivity contribution is 7.10. The number of rotatable bonds is 7. The second-order valence-corrected chi connectivity index (χ2v) is 7.62. The Hall–Kier alpha value is -2.92. The fraction of sp³-hybridized carbons (Fsp3) is 0.217. The lowest BCUT2D eigenvalue weighted by Crippen LogP contribution is -2.40. The monoisotopic (exact) mass is 392 g/mol. The minimum Gasteiger partial charge on any atom is -0.343 e. The van der Waals surface area contributed by atoms with Crippen molar-refractivity contribution in [1.29, 1.82) is 0 Å². The van der Waals surface area contributed by atoms with Gasteiger partial charge in [-0.05, 0) is 41.1 Å². The van der Waals surface area contributed by atoms with Crippen LogP contribution in [0.15, 0.2) is 72.1 Å². The maximum Gasteiger partial charge on any atom is 0.254 e. The fourth-order valence-electron chi connectivity index (χ4n) is 3.02. The Kier molecular flexibility index (Phi) is 6.61. The summed E-state index contributed by atoms with van der Waals surface area (Å²) >= 11 is 1.60. The van der Waals surface area contributed by atoms with Crippen molar-refractivity contribution in [1.82, 2.24) is 10.2 Å². The van der Waals surface area contributed by atoms with Gasteiger partial charge in [0, 0.05) is 17.5 Å². The van der Waals surface area contributed by atoms with Crippen molar-refractivity contribution in [3.63, 3.8) is 0 Å². The van der Waals surface area contributed by atoms with Gasteiger partial charge in [0.1, 0.15) is 0 Å². The van der Waals surface area contributed by atoms with Crippen molar-refractivity contribution in [2.24, 2.45) is 0 Å². The van der Waals surface area contributed by atoms with Crippen LogP contribution in [0.4, 0.5) is 0 Å². The molecule has 0 aliphatic heterocycles. The third-order valence-corrected chi connectivity index (χ3v) is 5.54. The third kappa shape index (κ3) is 4.87. The van der Waals surface area contributed by atoms with E-state index in [2.05, 4.69) is 36.5 Å². The summed E-state index contributed by atoms with van der Waals surface area (Å²) in [6.07, 6.45) is 0.975. The van der Waals surface area contributed by atoms with Crippen LogP contribution in [-0.4, -0.2) is 30.3 Å². The molecule has 2 aromatic carbocycles. The van der Waals surface area contributed by atoms with E-state index >= 15 is 0 Å². The van der Waals surface area contributed by atoms with Crippen molar-refractivity contribution >= 4 is 23.2 Å². The van der Waals surface area contributed by atoms with E-state index < -0.39 is 0 Å². The van der Waals surface area contributed by atoms with E-state index in [0.29, 0.717) is 5.56 Å². The Balaban J connectivity index is 1.71. The summed E-state index contributed by atoms with van der Waals surface area (Å²) in [7, 11) is 1.64. The molecular formula is C23H24N2O2S. The number of nitrogens with one attached hydrogen (secondary N) is 1. The first-order valence-corrected chi connectivity index (χ1v) is 10.2. The SMILES string of the molecule is CCc1ccc(C(NC(=O)CN(C)C(=O)c2ccccc2)c2cccs2)cc1. The highest BCUT2D eigenvalue weighted by Gasteiger charge is 2.20. The van der Waals surface area contributed by atoms with Gasteiger partial charge in [-0.3, -0.25) is 9.59 Å². The van der Waals surface area contributed by atoms with Crippen LogP contribution in [0, 0.1) is 0 Å². The molecule has 1 N–H and O–H groups in total. The summed E-state index contributed by atoms with van der Waals surface area (Å²) in [4.78, 5) is 27.7. The van der Waals surface area contributed by atoms with Crippen LogP contribution in [0.5, 0.6) is 0 Å². The second-order valence-electron chi connectivity index (χ2n) is 6.64. The van der Waals surface area contributed by atoms with E-state index in [1.807, 2.05) is 35.7 Å². The third-order valence-electron chi connectivity index (χ3n) is 4.60. The molecule has 0 aliphatic rings. The molecule has 28 heavy (non-hydrogen) atoms. The highest BCUT2D eigenvalue weighted by atomic mass is 32.1. The summed E-state index contributed by atoms with van der Waals surface area (Å²) in [6, 6.07) is 21.1. The molecule has 1 aromatic heterocycles. The van der Waals surface area contributed by atoms with E-state index in [4.69, 9.17) is 0 Å². The van der Waals surface area contributed by atoms with Gasteiger partial charge in [-0.25, -0.2) is 0 Å². The van der Waals surface area contributed by atoms with E-state index in [1.165, 1.54) is 10.5 Å². The molecule has 1 heterocycles. The van der Waals surface area contributed by atoms with Crippen molar-refractivity contribution < 1.29 is 9.59 Å². The van der Waals surface area contributed by atoms with Gasteiger partial charge < -0.3 is 10.2 Å². The van der Waals surface area contributed by atoms with E-state index in [1.54, 1.807) is 30.5 Å². The van der Waals surface area contributed by atoms with Crippen LogP contribution in [0.3, 0.4) is 0 Å². The molecule has 0 radical (unpaired) electrons. The first-order valence-electron chi connectivity index (χ1n) is 9.30. The van der Waals surface area contributed by atoms with Crippen molar-refractivity contribution in [3.05, 3.63) is 93.7 Å². The number of carbonyl (C=O) groups excluding carboxylic acids is 2. The lowest BCUT2D eigenvalue weighted by atomic mass is 10.0. The summed E-state index contributed by atoms with van der Waals surface area (Å²) in [5, 5.41) is 5.09. The van der Waals surface area contributed by atoms with Gasteiger partial charge in [-0.2, -0.15) is 0 Å². The number of thiophene rings is 1. The molecule has 5 heteroatoms. The lowest BCUT2D eigenvalue weighted by Gasteiger charge is -2.21. The van der Waals surface area contributed by atoms with Gasteiger partial charge in [0.2, 0.25) is 5.91 Å². The van der Waals surface area contributed by atoms with Gasteiger partial charge in [0.05, 0.1) is 12.6 Å². The predicted molar refractivity (Wildman–Crippen MR) is 114 cm³/mol. The van der Waals surface area contributed by atoms with Crippen molar-refractivity contribution in [2.75, 3.05) is 13.6 Å². The largest absolute Gasteiger partial charge is 0.343 e. The Morgan fingerprint density at radius 1 is 1.00 bits per heavy atom. The molecule has 0 bridgehead atoms. The molecule has 3 rings (SSSR count). The van der Waals surface area contributed by atoms with Crippen LogP contribution in [-0.2, 0) is 11.2 Å². The molecule has 0 fully saturated rings. The van der Waals surface area contributed by atoms with E-state index in [-0.39, 0.29) is 24.4 Å². The van der Waals surface area contributed by atoms with Crippen LogP contribution in [0.1, 0.15) is 39.3 Å². The first kappa shape index (κ1) is 19.8. The zero-order chi connectivity index (χ0) is 19.9. The van der Waals surface area contributed by atoms with Crippen LogP contribution in [0.25, 0.3) is 0 Å². The van der Waals surface area contributed by atoms with Crippen LogP contribution in [0.2, 0.25) is 0 Å². The molecule has 4 nitrogen and oxygen atoms in total. The Morgan fingerprint density at radius 3 is 2.32 bits per heavy atom. The normalized spacial score (nSPS) is 11.6. The van der Waals surface area contributed by atoms with Gasteiger partial charge >= 0.3 is 0 Å². The number of carbonyl (C=O) groups is 2.